The Morgan fingerprint density at radius 3 is 2.49 bits per heavy atom. The van der Waals surface area contributed by atoms with Crippen molar-refractivity contribution in [2.75, 3.05) is 6.61 Å². The highest BCUT2D eigenvalue weighted by molar-refractivity contribution is 7.49. The number of benzene rings is 1. The highest BCUT2D eigenvalue weighted by atomic mass is 31.2. The van der Waals surface area contributed by atoms with Crippen molar-refractivity contribution in [3.8, 4) is 18.1 Å². The summed E-state index contributed by atoms with van der Waals surface area (Å²) in [5, 5.41) is 10.4. The van der Waals surface area contributed by atoms with Gasteiger partial charge in [-0.25, -0.2) is 18.1 Å². The highest BCUT2D eigenvalue weighted by Gasteiger charge is 2.51. The van der Waals surface area contributed by atoms with E-state index in [9.17, 15) is 19.3 Å². The summed E-state index contributed by atoms with van der Waals surface area (Å²) in [6.07, 6.45) is 2.41. The number of phosphoric ester groups is 1. The lowest BCUT2D eigenvalue weighted by Gasteiger charge is -2.34. The molecule has 1 fully saturated rings. The van der Waals surface area contributed by atoms with E-state index in [2.05, 4.69) is 5.92 Å². The lowest BCUT2D eigenvalue weighted by atomic mass is 9.78. The van der Waals surface area contributed by atoms with Crippen molar-refractivity contribution < 1.29 is 36.8 Å². The van der Waals surface area contributed by atoms with Gasteiger partial charge in [0, 0.05) is 18.2 Å². The van der Waals surface area contributed by atoms with Crippen LogP contribution in [-0.2, 0) is 35.8 Å². The molecule has 1 aromatic heterocycles. The molecule has 2 aliphatic heterocycles. The Balaban J connectivity index is 1.59. The maximum Gasteiger partial charge on any atom is 0.530 e. The van der Waals surface area contributed by atoms with E-state index >= 15 is 8.78 Å². The molecule has 2 N–H and O–H groups in total. The SMILES string of the molecule is C#Cc1cn([C@@H]2O[C@](F)(COP3(=O)OCc4c(F)c(C(C)(C)C)cc(C(C)(C)C)c4O3)C[C@H]2O)c(=O)[nH]c1=O. The van der Waals surface area contributed by atoms with Gasteiger partial charge >= 0.3 is 13.5 Å². The number of aliphatic hydroxyl groups excluding tert-OH is 1. The standard InChI is InChI=1S/C26H31F2N2O8P/c1-8-14-11-30(23(33)29-21(14)32)22-18(31)10-26(28,37-22)13-36-39(34)35-12-15-19(27)16(24(2,3)4)9-17(20(15)38-39)25(5,6)7/h1,9,11,18,22,31H,10,12-13H2,2-7H3,(H,29,32,33)/t18-,22-,26+,39?/m1/s1. The predicted octanol–water partition coefficient (Wildman–Crippen LogP) is 3.93. The zero-order valence-corrected chi connectivity index (χ0v) is 23.4. The van der Waals surface area contributed by atoms with Gasteiger partial charge in [0.2, 0.25) is 5.85 Å². The molecule has 0 saturated carbocycles. The van der Waals surface area contributed by atoms with Crippen molar-refractivity contribution in [2.24, 2.45) is 0 Å². The summed E-state index contributed by atoms with van der Waals surface area (Å²) in [4.78, 5) is 25.9. The molecule has 0 aliphatic carbocycles. The summed E-state index contributed by atoms with van der Waals surface area (Å²) >= 11 is 0. The Kier molecular flexibility index (Phi) is 7.24. The first-order valence-electron chi connectivity index (χ1n) is 12.2. The largest absolute Gasteiger partial charge is 0.530 e. The molecule has 1 aromatic carbocycles. The van der Waals surface area contributed by atoms with E-state index in [1.807, 2.05) is 46.5 Å². The molecule has 0 bridgehead atoms. The van der Waals surface area contributed by atoms with Crippen LogP contribution in [0.25, 0.3) is 0 Å². The van der Waals surface area contributed by atoms with Crippen LogP contribution < -0.4 is 15.8 Å². The van der Waals surface area contributed by atoms with Gasteiger partial charge < -0.3 is 14.4 Å². The van der Waals surface area contributed by atoms with Gasteiger partial charge in [-0.05, 0) is 22.5 Å². The van der Waals surface area contributed by atoms with Crippen molar-refractivity contribution in [3.63, 3.8) is 0 Å². The lowest BCUT2D eigenvalue weighted by Crippen LogP contribution is -2.37. The Labute approximate surface area is 223 Å². The van der Waals surface area contributed by atoms with Crippen LogP contribution in [-0.4, -0.2) is 33.2 Å². The van der Waals surface area contributed by atoms with E-state index in [4.69, 9.17) is 24.7 Å². The van der Waals surface area contributed by atoms with Gasteiger partial charge in [0.25, 0.3) is 5.56 Å². The average molecular weight is 569 g/mol. The number of rotatable bonds is 4. The van der Waals surface area contributed by atoms with E-state index in [1.54, 1.807) is 6.07 Å². The van der Waals surface area contributed by atoms with Gasteiger partial charge in [-0.1, -0.05) is 47.5 Å². The van der Waals surface area contributed by atoms with Gasteiger partial charge in [-0.3, -0.25) is 23.4 Å². The number of alkyl halides is 1. The summed E-state index contributed by atoms with van der Waals surface area (Å²) in [6.45, 7) is 9.77. The first-order valence-corrected chi connectivity index (χ1v) is 13.7. The number of H-pyrrole nitrogens is 1. The summed E-state index contributed by atoms with van der Waals surface area (Å²) in [5.41, 5.74) is -2.05. The van der Waals surface area contributed by atoms with Crippen molar-refractivity contribution in [1.82, 2.24) is 9.55 Å². The van der Waals surface area contributed by atoms with Crippen molar-refractivity contribution in [1.29, 1.82) is 0 Å². The molecule has 0 amide bonds. The molecule has 2 aliphatic rings. The highest BCUT2D eigenvalue weighted by Crippen LogP contribution is 2.58. The number of aliphatic hydroxyl groups is 1. The molecule has 0 spiro atoms. The lowest BCUT2D eigenvalue weighted by molar-refractivity contribution is -0.179. The molecule has 2 aromatic rings. The third-order valence-corrected chi connectivity index (χ3v) is 7.80. The van der Waals surface area contributed by atoms with Crippen LogP contribution in [0.1, 0.15) is 76.4 Å². The summed E-state index contributed by atoms with van der Waals surface area (Å²) in [5.74, 6) is -1.20. The first-order chi connectivity index (χ1) is 17.9. The molecule has 4 atom stereocenters. The van der Waals surface area contributed by atoms with E-state index in [0.717, 1.165) is 10.8 Å². The van der Waals surface area contributed by atoms with Crippen molar-refractivity contribution in [2.45, 2.75) is 83.6 Å². The molecule has 212 valence electrons. The number of terminal acetylenes is 1. The topological polar surface area (TPSA) is 129 Å². The summed E-state index contributed by atoms with van der Waals surface area (Å²) in [7, 11) is -4.46. The third-order valence-electron chi connectivity index (χ3n) is 6.51. The maximum absolute atomic E-state index is 15.6. The van der Waals surface area contributed by atoms with Gasteiger partial charge in [0.1, 0.15) is 29.8 Å². The summed E-state index contributed by atoms with van der Waals surface area (Å²) in [6, 6.07) is 1.66. The molecular formula is C26H31F2N2O8P. The molecule has 1 unspecified atom stereocenters. The van der Waals surface area contributed by atoms with Crippen LogP contribution in [0.15, 0.2) is 21.9 Å². The van der Waals surface area contributed by atoms with Crippen LogP contribution in [0.3, 0.4) is 0 Å². The molecule has 1 saturated heterocycles. The van der Waals surface area contributed by atoms with Gasteiger partial charge in [0.15, 0.2) is 6.23 Å². The van der Waals surface area contributed by atoms with Crippen molar-refractivity contribution in [3.05, 3.63) is 61.2 Å². The van der Waals surface area contributed by atoms with Crippen LogP contribution >= 0.6 is 7.82 Å². The van der Waals surface area contributed by atoms with E-state index in [1.165, 1.54) is 0 Å². The Morgan fingerprint density at radius 1 is 1.26 bits per heavy atom. The number of ether oxygens (including phenoxy) is 1. The van der Waals surface area contributed by atoms with Crippen LogP contribution in [0.5, 0.6) is 5.75 Å². The Bertz CT molecular complexity index is 1510. The predicted molar refractivity (Wildman–Crippen MR) is 137 cm³/mol. The van der Waals surface area contributed by atoms with E-state index in [0.29, 0.717) is 11.1 Å². The minimum atomic E-state index is -4.46. The molecule has 39 heavy (non-hydrogen) atoms. The Hall–Kier alpha value is -2.81. The number of phosphoric acid groups is 1. The average Bonchev–Trinajstić information content (AvgIpc) is 3.11. The molecule has 4 rings (SSSR count). The normalized spacial score (nSPS) is 27.1. The third kappa shape index (κ3) is 5.60. The quantitative estimate of drug-likeness (QED) is 0.420. The van der Waals surface area contributed by atoms with Gasteiger partial charge in [0.05, 0.1) is 12.2 Å². The molecular weight excluding hydrogens is 537 g/mol. The number of halogens is 2. The monoisotopic (exact) mass is 568 g/mol. The number of fused-ring (bicyclic) bond motifs is 1. The second-order valence-electron chi connectivity index (χ2n) is 11.7. The molecule has 13 heteroatoms. The fraction of sp³-hybridized carbons (Fsp3) is 0.538. The van der Waals surface area contributed by atoms with Gasteiger partial charge in [-0.15, -0.1) is 6.42 Å². The van der Waals surface area contributed by atoms with Gasteiger partial charge in [-0.2, -0.15) is 0 Å². The van der Waals surface area contributed by atoms with E-state index < -0.39 is 73.5 Å². The number of hydrogen-bond donors (Lipinski definition) is 2. The zero-order chi connectivity index (χ0) is 29.1. The molecule has 10 nitrogen and oxygen atoms in total. The number of nitrogens with one attached hydrogen (secondary N) is 1. The number of aromatic nitrogens is 2. The zero-order valence-electron chi connectivity index (χ0n) is 22.5. The number of hydrogen-bond acceptors (Lipinski definition) is 8. The molecule has 3 heterocycles. The van der Waals surface area contributed by atoms with E-state index in [-0.39, 0.29) is 16.9 Å². The smallest absolute Gasteiger partial charge is 0.403 e. The second-order valence-corrected chi connectivity index (χ2v) is 13.3. The minimum absolute atomic E-state index is 0.00218. The van der Waals surface area contributed by atoms with Crippen LogP contribution in [0, 0.1) is 18.2 Å². The molecule has 0 radical (unpaired) electrons. The van der Waals surface area contributed by atoms with Crippen molar-refractivity contribution >= 4 is 7.82 Å². The second kappa shape index (κ2) is 9.68. The number of aromatic amines is 1. The maximum atomic E-state index is 15.6. The first kappa shape index (κ1) is 29.2. The van der Waals surface area contributed by atoms with Crippen LogP contribution in [0.4, 0.5) is 8.78 Å². The van der Waals surface area contributed by atoms with Crippen LogP contribution in [0.2, 0.25) is 0 Å². The number of nitrogens with zero attached hydrogens (tertiary/aromatic N) is 1. The minimum Gasteiger partial charge on any atom is -0.403 e. The fourth-order valence-electron chi connectivity index (χ4n) is 4.42. The summed E-state index contributed by atoms with van der Waals surface area (Å²) < 4.78 is 66.6. The fourth-order valence-corrected chi connectivity index (χ4v) is 5.67. The Morgan fingerprint density at radius 2 is 1.90 bits per heavy atom.